The van der Waals surface area contributed by atoms with Crippen LogP contribution in [-0.4, -0.2) is 12.6 Å². The third kappa shape index (κ3) is 4.49. The molecule has 0 aromatic heterocycles. The van der Waals surface area contributed by atoms with Gasteiger partial charge in [0.05, 0.1) is 11.4 Å². The van der Waals surface area contributed by atoms with Crippen molar-refractivity contribution in [3.8, 4) is 0 Å². The number of amides is 2. The first-order valence-electron chi connectivity index (χ1n) is 6.70. The smallest absolute Gasteiger partial charge is 0.319 e. The molecule has 0 fully saturated rings. The van der Waals surface area contributed by atoms with Gasteiger partial charge in [0.1, 0.15) is 0 Å². The summed E-state index contributed by atoms with van der Waals surface area (Å²) in [5.41, 5.74) is 9.23. The molecule has 0 heterocycles. The normalized spacial score (nSPS) is 10.2. The van der Waals surface area contributed by atoms with Crippen LogP contribution in [0.25, 0.3) is 0 Å². The summed E-state index contributed by atoms with van der Waals surface area (Å²) in [5.74, 6) is 0. The Labute approximate surface area is 132 Å². The molecule has 4 N–H and O–H groups in total. The van der Waals surface area contributed by atoms with E-state index in [0.29, 0.717) is 17.9 Å². The first-order chi connectivity index (χ1) is 10.1. The van der Waals surface area contributed by atoms with Crippen LogP contribution in [0.2, 0.25) is 0 Å². The summed E-state index contributed by atoms with van der Waals surface area (Å²) in [4.78, 5) is 11.9. The van der Waals surface area contributed by atoms with E-state index in [1.54, 1.807) is 6.07 Å². The summed E-state index contributed by atoms with van der Waals surface area (Å²) in [5, 5.41) is 5.59. The van der Waals surface area contributed by atoms with Crippen LogP contribution in [0.1, 0.15) is 11.1 Å². The topological polar surface area (TPSA) is 67.1 Å². The predicted octanol–water partition coefficient (Wildman–Crippen LogP) is 3.70. The van der Waals surface area contributed by atoms with E-state index in [4.69, 9.17) is 5.73 Å². The largest absolute Gasteiger partial charge is 0.397 e. The molecule has 0 unspecified atom stereocenters. The number of rotatable bonds is 4. The average Bonchev–Trinajstić information content (AvgIpc) is 2.45. The maximum atomic E-state index is 11.9. The molecule has 0 radical (unpaired) electrons. The van der Waals surface area contributed by atoms with Gasteiger partial charge in [-0.2, -0.15) is 0 Å². The van der Waals surface area contributed by atoms with Crippen molar-refractivity contribution < 1.29 is 4.79 Å². The number of hydrogen-bond acceptors (Lipinski definition) is 2. The van der Waals surface area contributed by atoms with Gasteiger partial charge < -0.3 is 16.4 Å². The number of aryl methyl sites for hydroxylation is 1. The molecule has 2 aromatic rings. The van der Waals surface area contributed by atoms with Gasteiger partial charge >= 0.3 is 6.03 Å². The van der Waals surface area contributed by atoms with E-state index in [0.717, 1.165) is 22.0 Å². The molecule has 0 saturated carbocycles. The van der Waals surface area contributed by atoms with Crippen LogP contribution >= 0.6 is 15.9 Å². The maximum absolute atomic E-state index is 11.9. The second-order valence-electron chi connectivity index (χ2n) is 4.81. The predicted molar refractivity (Wildman–Crippen MR) is 90.5 cm³/mol. The third-order valence-electron chi connectivity index (χ3n) is 3.09. The van der Waals surface area contributed by atoms with Crippen molar-refractivity contribution in [2.75, 3.05) is 17.6 Å². The van der Waals surface area contributed by atoms with Crippen LogP contribution in [0, 0.1) is 6.92 Å². The van der Waals surface area contributed by atoms with Crippen LogP contribution < -0.4 is 16.4 Å². The molecule has 0 atom stereocenters. The Balaban J connectivity index is 1.85. The van der Waals surface area contributed by atoms with Crippen molar-refractivity contribution in [3.63, 3.8) is 0 Å². The van der Waals surface area contributed by atoms with Crippen LogP contribution in [-0.2, 0) is 6.42 Å². The van der Waals surface area contributed by atoms with Crippen molar-refractivity contribution in [2.24, 2.45) is 0 Å². The van der Waals surface area contributed by atoms with Gasteiger partial charge in [-0.15, -0.1) is 0 Å². The zero-order chi connectivity index (χ0) is 15.2. The second kappa shape index (κ2) is 7.13. The van der Waals surface area contributed by atoms with E-state index in [1.165, 1.54) is 0 Å². The number of urea groups is 1. The fourth-order valence-corrected chi connectivity index (χ4v) is 2.44. The second-order valence-corrected chi connectivity index (χ2v) is 5.67. The fourth-order valence-electron chi connectivity index (χ4n) is 1.96. The molecule has 5 heteroatoms. The molecule has 0 aliphatic heterocycles. The minimum Gasteiger partial charge on any atom is -0.397 e. The Hall–Kier alpha value is -2.01. The summed E-state index contributed by atoms with van der Waals surface area (Å²) in [6.45, 7) is 2.51. The molecule has 4 nitrogen and oxygen atoms in total. The summed E-state index contributed by atoms with van der Waals surface area (Å²) in [6, 6.07) is 13.3. The third-order valence-corrected chi connectivity index (χ3v) is 3.87. The highest BCUT2D eigenvalue weighted by Gasteiger charge is 2.05. The molecular formula is C16H18BrN3O. The number of carbonyl (C=O) groups is 1. The standard InChI is InChI=1S/C16H18BrN3O/c1-11-6-7-14(18)15(10-11)20-16(21)19-9-8-12-4-2-3-5-13(12)17/h2-7,10H,8-9,18H2,1H3,(H2,19,20,21). The fraction of sp³-hybridized carbons (Fsp3) is 0.188. The van der Waals surface area contributed by atoms with Gasteiger partial charge in [-0.3, -0.25) is 0 Å². The highest BCUT2D eigenvalue weighted by molar-refractivity contribution is 9.10. The van der Waals surface area contributed by atoms with Crippen molar-refractivity contribution in [3.05, 3.63) is 58.1 Å². The van der Waals surface area contributed by atoms with E-state index in [9.17, 15) is 4.79 Å². The Bertz CT molecular complexity index is 643. The van der Waals surface area contributed by atoms with Gasteiger partial charge in [0.15, 0.2) is 0 Å². The monoisotopic (exact) mass is 347 g/mol. The Morgan fingerprint density at radius 2 is 2.00 bits per heavy atom. The number of anilines is 2. The van der Waals surface area contributed by atoms with Crippen molar-refractivity contribution in [1.82, 2.24) is 5.32 Å². The minimum absolute atomic E-state index is 0.251. The molecule has 0 aliphatic rings. The van der Waals surface area contributed by atoms with Gasteiger partial charge in [-0.05, 0) is 42.7 Å². The Morgan fingerprint density at radius 1 is 1.24 bits per heavy atom. The van der Waals surface area contributed by atoms with Crippen LogP contribution in [0.4, 0.5) is 16.2 Å². The van der Waals surface area contributed by atoms with Crippen molar-refractivity contribution in [1.29, 1.82) is 0 Å². The summed E-state index contributed by atoms with van der Waals surface area (Å²) < 4.78 is 1.05. The molecular weight excluding hydrogens is 330 g/mol. The SMILES string of the molecule is Cc1ccc(N)c(NC(=O)NCCc2ccccc2Br)c1. The number of nitrogens with one attached hydrogen (secondary N) is 2. The molecule has 110 valence electrons. The molecule has 2 amide bonds. The zero-order valence-corrected chi connectivity index (χ0v) is 13.4. The first kappa shape index (κ1) is 15.4. The van der Waals surface area contributed by atoms with Crippen LogP contribution in [0.3, 0.4) is 0 Å². The summed E-state index contributed by atoms with van der Waals surface area (Å²) in [6.07, 6.45) is 0.762. The number of nitrogen functional groups attached to an aromatic ring is 1. The van der Waals surface area contributed by atoms with E-state index >= 15 is 0 Å². The van der Waals surface area contributed by atoms with Gasteiger partial charge in [-0.25, -0.2) is 4.79 Å². The van der Waals surface area contributed by atoms with Gasteiger partial charge in [0, 0.05) is 11.0 Å². The zero-order valence-electron chi connectivity index (χ0n) is 11.8. The molecule has 0 aliphatic carbocycles. The van der Waals surface area contributed by atoms with Gasteiger partial charge in [0.25, 0.3) is 0 Å². The lowest BCUT2D eigenvalue weighted by Gasteiger charge is -2.11. The molecule has 2 rings (SSSR count). The lowest BCUT2D eigenvalue weighted by atomic mass is 10.1. The van der Waals surface area contributed by atoms with Crippen molar-refractivity contribution >= 4 is 33.3 Å². The van der Waals surface area contributed by atoms with Crippen molar-refractivity contribution in [2.45, 2.75) is 13.3 Å². The minimum atomic E-state index is -0.251. The van der Waals surface area contributed by atoms with Crippen LogP contribution in [0.15, 0.2) is 46.9 Å². The highest BCUT2D eigenvalue weighted by Crippen LogP contribution is 2.19. The van der Waals surface area contributed by atoms with Gasteiger partial charge in [0.2, 0.25) is 0 Å². The molecule has 2 aromatic carbocycles. The number of carbonyl (C=O) groups excluding carboxylic acids is 1. The van der Waals surface area contributed by atoms with E-state index in [-0.39, 0.29) is 6.03 Å². The lowest BCUT2D eigenvalue weighted by Crippen LogP contribution is -2.30. The number of hydrogen-bond donors (Lipinski definition) is 3. The number of benzene rings is 2. The highest BCUT2D eigenvalue weighted by atomic mass is 79.9. The summed E-state index contributed by atoms with van der Waals surface area (Å²) >= 11 is 3.49. The van der Waals surface area contributed by atoms with Gasteiger partial charge in [-0.1, -0.05) is 40.2 Å². The first-order valence-corrected chi connectivity index (χ1v) is 7.50. The van der Waals surface area contributed by atoms with E-state index in [1.807, 2.05) is 43.3 Å². The molecule has 0 spiro atoms. The molecule has 21 heavy (non-hydrogen) atoms. The Morgan fingerprint density at radius 3 is 2.76 bits per heavy atom. The molecule has 0 saturated heterocycles. The lowest BCUT2D eigenvalue weighted by molar-refractivity contribution is 0.252. The van der Waals surface area contributed by atoms with Crippen LogP contribution in [0.5, 0.6) is 0 Å². The number of halogens is 1. The number of nitrogens with two attached hydrogens (primary N) is 1. The average molecular weight is 348 g/mol. The quantitative estimate of drug-likeness (QED) is 0.738. The Kier molecular flexibility index (Phi) is 5.22. The summed E-state index contributed by atoms with van der Waals surface area (Å²) in [7, 11) is 0. The van der Waals surface area contributed by atoms with E-state index in [2.05, 4.69) is 26.6 Å². The maximum Gasteiger partial charge on any atom is 0.319 e. The van der Waals surface area contributed by atoms with E-state index < -0.39 is 0 Å². The molecule has 0 bridgehead atoms.